The molecule has 0 rings (SSSR count). The van der Waals surface area contributed by atoms with Crippen LogP contribution in [0.15, 0.2) is 0 Å². The molecule has 0 fully saturated rings. The van der Waals surface area contributed by atoms with Crippen molar-refractivity contribution >= 4 is 38.1 Å². The summed E-state index contributed by atoms with van der Waals surface area (Å²) in [6.07, 6.45) is 0. The fourth-order valence-electron chi connectivity index (χ4n) is 0. The monoisotopic (exact) mass is 285 g/mol. The molecule has 0 amide bonds. The Kier molecular flexibility index (Phi) is 10.7. The molecule has 0 radical (unpaired) electrons. The van der Waals surface area contributed by atoms with Gasteiger partial charge in [0.1, 0.15) is 0 Å². The van der Waals surface area contributed by atoms with Crippen LogP contribution in [0.2, 0.25) is 0 Å². The van der Waals surface area contributed by atoms with Crippen molar-refractivity contribution in [3.8, 4) is 0 Å². The van der Waals surface area contributed by atoms with E-state index in [2.05, 4.69) is 0 Å². The van der Waals surface area contributed by atoms with Crippen LogP contribution in [0.5, 0.6) is 0 Å². The van der Waals surface area contributed by atoms with Crippen LogP contribution in [0.1, 0.15) is 0 Å². The van der Waals surface area contributed by atoms with Crippen LogP contribution in [-0.4, -0.2) is 0 Å². The summed E-state index contributed by atoms with van der Waals surface area (Å²) in [6, 6.07) is 0. The molecule has 0 bridgehead atoms. The Bertz CT molecular complexity index is 23.0. The van der Waals surface area contributed by atoms with Crippen molar-refractivity contribution < 1.29 is 62.8 Å². The molecule has 0 aromatic carbocycles. The van der Waals surface area contributed by atoms with E-state index in [1.165, 1.54) is 0 Å². The largest absolute Gasteiger partial charge is 1.00 e. The minimum absolute atomic E-state index is 0. The molecule has 6 heteroatoms. The minimum Gasteiger partial charge on any atom is 1.00 e. The van der Waals surface area contributed by atoms with Crippen LogP contribution in [0.25, 0.3) is 0 Å². The van der Waals surface area contributed by atoms with Gasteiger partial charge in [0.05, 0.1) is 0 Å². The molecule has 0 aliphatic heterocycles. The van der Waals surface area contributed by atoms with Gasteiger partial charge < -0.3 is 0 Å². The molecule has 0 nitrogen and oxygen atoms in total. The molecular weight excluding hydrogens is 287 g/mol. The Morgan fingerprint density at radius 3 is 0.833 bits per heavy atom. The van der Waals surface area contributed by atoms with Crippen molar-refractivity contribution in [2.75, 3.05) is 0 Å². The van der Waals surface area contributed by atoms with Crippen molar-refractivity contribution in [1.82, 2.24) is 0 Å². The average Bonchev–Trinajstić information content (AvgIpc) is 0.722. The van der Waals surface area contributed by atoms with E-state index in [0.717, 1.165) is 0 Å². The molecule has 0 aliphatic carbocycles. The van der Waals surface area contributed by atoms with Crippen molar-refractivity contribution in [3.05, 3.63) is 0 Å². The second kappa shape index (κ2) is 5.26. The van der Waals surface area contributed by atoms with E-state index in [1.807, 2.05) is 0 Å². The predicted molar refractivity (Wildman–Crippen MR) is 23.4 cm³/mol. The third-order valence-corrected chi connectivity index (χ3v) is 0. The summed E-state index contributed by atoms with van der Waals surface area (Å²) in [6.45, 7) is 0. The Labute approximate surface area is 98.2 Å². The zero-order chi connectivity index (χ0) is 4.50. The van der Waals surface area contributed by atoms with Gasteiger partial charge in [-0.1, -0.05) is 0 Å². The first-order chi connectivity index (χ1) is 2.00. The zero-order valence-electron chi connectivity index (χ0n) is 2.83. The van der Waals surface area contributed by atoms with Gasteiger partial charge in [-0.05, 0) is 0 Å². The molecule has 0 aromatic heterocycles. The van der Waals surface area contributed by atoms with Crippen molar-refractivity contribution in [3.63, 3.8) is 0 Å². The second-order valence-corrected chi connectivity index (χ2v) is 14.4. The van der Waals surface area contributed by atoms with Gasteiger partial charge >= 0.3 is 101 Å². The van der Waals surface area contributed by atoms with Crippen LogP contribution < -0.4 is 51.4 Å². The fourth-order valence-corrected chi connectivity index (χ4v) is 0. The maximum absolute atomic E-state index is 4.98. The molecule has 6 heavy (non-hydrogen) atoms. The molecule has 0 saturated carbocycles. The van der Waals surface area contributed by atoms with E-state index >= 15 is 0 Å². The van der Waals surface area contributed by atoms with Crippen LogP contribution in [0.3, 0.4) is 0 Å². The number of hydrogen-bond donors (Lipinski definition) is 0. The summed E-state index contributed by atoms with van der Waals surface area (Å²) in [5.74, 6) is 0. The summed E-state index contributed by atoms with van der Waals surface area (Å²) in [4.78, 5) is 0. The number of hydrogen-bond acceptors (Lipinski definition) is 0. The second-order valence-electron chi connectivity index (χ2n) is 0.271. The van der Waals surface area contributed by atoms with E-state index in [1.54, 1.807) is 0 Å². The smallest absolute Gasteiger partial charge is 1.00 e. The quantitative estimate of drug-likeness (QED) is 0.540. The standard InChI is InChI=1S/4ClH.K.Pd/h4*1H;;/q;;;;+1;+3/p-4. The van der Waals surface area contributed by atoms with Gasteiger partial charge in [-0.2, -0.15) is 0 Å². The normalized spacial score (nSPS) is 12.7. The van der Waals surface area contributed by atoms with Crippen molar-refractivity contribution in [2.24, 2.45) is 0 Å². The summed E-state index contributed by atoms with van der Waals surface area (Å²) in [5.41, 5.74) is 0. The van der Waals surface area contributed by atoms with E-state index in [0.29, 0.717) is 0 Å². The van der Waals surface area contributed by atoms with E-state index in [4.69, 9.17) is 38.1 Å². The number of rotatable bonds is 0. The molecule has 0 N–H and O–H groups in total. The molecule has 0 atom stereocenters. The molecule has 0 unspecified atom stereocenters. The van der Waals surface area contributed by atoms with Crippen LogP contribution in [0, 0.1) is 0 Å². The Balaban J connectivity index is 0. The molecule has 0 aliphatic rings. The SMILES string of the molecule is [Cl][Pd-]([Cl])([Cl])[Cl].[K+]. The molecule has 0 aromatic rings. The topological polar surface area (TPSA) is 0 Å². The van der Waals surface area contributed by atoms with Gasteiger partial charge in [0, 0.05) is 0 Å². The van der Waals surface area contributed by atoms with E-state index in [-0.39, 0.29) is 51.4 Å². The van der Waals surface area contributed by atoms with Gasteiger partial charge in [0.15, 0.2) is 0 Å². The van der Waals surface area contributed by atoms with Crippen LogP contribution in [0.4, 0.5) is 0 Å². The number of halogens is 4. The third-order valence-electron chi connectivity index (χ3n) is 0. The van der Waals surface area contributed by atoms with Crippen molar-refractivity contribution in [2.45, 2.75) is 0 Å². The first-order valence-corrected chi connectivity index (χ1v) is 8.49. The molecular formula is Cl4KPd. The molecule has 39 valence electrons. The van der Waals surface area contributed by atoms with Gasteiger partial charge in [-0.15, -0.1) is 0 Å². The van der Waals surface area contributed by atoms with Gasteiger partial charge in [0.25, 0.3) is 0 Å². The van der Waals surface area contributed by atoms with Gasteiger partial charge in [0.2, 0.25) is 0 Å². The summed E-state index contributed by atoms with van der Waals surface area (Å²) >= 11 is -2.81. The minimum atomic E-state index is -2.81. The van der Waals surface area contributed by atoms with Crippen LogP contribution >= 0.6 is 38.1 Å². The first kappa shape index (κ1) is 12.2. The Hall–Kier alpha value is 3.46. The van der Waals surface area contributed by atoms with Crippen molar-refractivity contribution in [1.29, 1.82) is 0 Å². The Morgan fingerprint density at radius 2 is 0.833 bits per heavy atom. The summed E-state index contributed by atoms with van der Waals surface area (Å²) < 4.78 is 0. The zero-order valence-corrected chi connectivity index (χ0v) is 10.5. The Morgan fingerprint density at radius 1 is 0.833 bits per heavy atom. The first-order valence-electron chi connectivity index (χ1n) is 0.478. The van der Waals surface area contributed by atoms with Gasteiger partial charge in [-0.3, -0.25) is 0 Å². The average molecular weight is 287 g/mol. The van der Waals surface area contributed by atoms with E-state index < -0.39 is 11.5 Å². The maximum atomic E-state index is 4.98. The summed E-state index contributed by atoms with van der Waals surface area (Å²) in [5, 5.41) is 0. The fraction of sp³-hybridized carbons (Fsp3) is 0. The molecule has 0 spiro atoms. The molecule has 0 saturated heterocycles. The molecule has 0 heterocycles. The van der Waals surface area contributed by atoms with Gasteiger partial charge in [-0.25, -0.2) is 0 Å². The summed E-state index contributed by atoms with van der Waals surface area (Å²) in [7, 11) is 19.9. The third kappa shape index (κ3) is 26.0. The predicted octanol–water partition coefficient (Wildman–Crippen LogP) is -0.241. The van der Waals surface area contributed by atoms with Crippen LogP contribution in [-0.2, 0) is 11.5 Å². The van der Waals surface area contributed by atoms with E-state index in [9.17, 15) is 0 Å². The maximum Gasteiger partial charge on any atom is 1.00 e.